The molecule has 0 spiro atoms. The standard InChI is InChI=1S/C18H21N3O3S.ClH/c19-16-12-4-3-11(7-12)15(16)17(23)20-13-5-1-10(2-6-13)8-21-14(22)9-25-18(21)24;/h1-2,5-6,11-12,15-16H,3-4,7-9,19H2,(H,20,23);1H. The summed E-state index contributed by atoms with van der Waals surface area (Å²) in [4.78, 5) is 37.1. The minimum atomic E-state index is -0.201. The van der Waals surface area contributed by atoms with Crippen LogP contribution in [0, 0.1) is 17.8 Å². The zero-order valence-corrected chi connectivity index (χ0v) is 15.9. The average Bonchev–Trinajstić information content (AvgIpc) is 3.27. The Hall–Kier alpha value is -1.57. The number of hydrogen-bond acceptors (Lipinski definition) is 5. The van der Waals surface area contributed by atoms with Crippen LogP contribution in [0.1, 0.15) is 24.8 Å². The van der Waals surface area contributed by atoms with Crippen LogP contribution in [0.25, 0.3) is 0 Å². The van der Waals surface area contributed by atoms with Gasteiger partial charge in [0.25, 0.3) is 5.24 Å². The zero-order chi connectivity index (χ0) is 17.6. The van der Waals surface area contributed by atoms with E-state index in [1.807, 2.05) is 24.3 Å². The predicted molar refractivity (Wildman–Crippen MR) is 103 cm³/mol. The smallest absolute Gasteiger partial charge is 0.289 e. The molecule has 2 bridgehead atoms. The minimum absolute atomic E-state index is 0. The Balaban J connectivity index is 0.00000196. The number of nitrogens with two attached hydrogens (primary N) is 1. The van der Waals surface area contributed by atoms with Gasteiger partial charge in [0.15, 0.2) is 0 Å². The van der Waals surface area contributed by atoms with Gasteiger partial charge in [0.05, 0.1) is 18.2 Å². The molecule has 4 unspecified atom stereocenters. The number of rotatable bonds is 4. The van der Waals surface area contributed by atoms with Crippen LogP contribution >= 0.6 is 24.2 Å². The third-order valence-corrected chi connectivity index (χ3v) is 6.54. The molecule has 3 amide bonds. The molecule has 1 heterocycles. The Morgan fingerprint density at radius 2 is 1.88 bits per heavy atom. The van der Waals surface area contributed by atoms with Gasteiger partial charge in [0.2, 0.25) is 11.8 Å². The summed E-state index contributed by atoms with van der Waals surface area (Å²) in [5.41, 5.74) is 7.81. The van der Waals surface area contributed by atoms with Crippen LogP contribution in [0.5, 0.6) is 0 Å². The highest BCUT2D eigenvalue weighted by Gasteiger charge is 2.49. The van der Waals surface area contributed by atoms with Crippen LogP contribution in [0.3, 0.4) is 0 Å². The lowest BCUT2D eigenvalue weighted by Gasteiger charge is -2.27. The Morgan fingerprint density at radius 3 is 2.46 bits per heavy atom. The number of fused-ring (bicyclic) bond motifs is 2. The largest absolute Gasteiger partial charge is 0.327 e. The van der Waals surface area contributed by atoms with E-state index in [0.717, 1.165) is 42.3 Å². The van der Waals surface area contributed by atoms with Gasteiger partial charge in [-0.05, 0) is 48.8 Å². The van der Waals surface area contributed by atoms with Crippen LogP contribution in [-0.4, -0.2) is 33.7 Å². The first-order valence-electron chi connectivity index (χ1n) is 8.65. The second-order valence-electron chi connectivity index (χ2n) is 7.16. The first-order chi connectivity index (χ1) is 12.0. The zero-order valence-electron chi connectivity index (χ0n) is 14.2. The van der Waals surface area contributed by atoms with Crippen molar-refractivity contribution in [3.63, 3.8) is 0 Å². The maximum Gasteiger partial charge on any atom is 0.289 e. The van der Waals surface area contributed by atoms with E-state index in [1.54, 1.807) is 0 Å². The highest BCUT2D eigenvalue weighted by molar-refractivity contribution is 8.14. The number of carbonyl (C=O) groups excluding carboxylic acids is 3. The molecule has 2 saturated carbocycles. The number of thioether (sulfide) groups is 1. The molecule has 8 heteroatoms. The second-order valence-corrected chi connectivity index (χ2v) is 8.08. The summed E-state index contributed by atoms with van der Waals surface area (Å²) in [5, 5.41) is 2.77. The maximum absolute atomic E-state index is 12.6. The van der Waals surface area contributed by atoms with Gasteiger partial charge in [-0.15, -0.1) is 12.4 Å². The van der Waals surface area contributed by atoms with Gasteiger partial charge in [0.1, 0.15) is 0 Å². The summed E-state index contributed by atoms with van der Waals surface area (Å²) in [7, 11) is 0. The molecule has 6 nitrogen and oxygen atoms in total. The van der Waals surface area contributed by atoms with E-state index in [1.165, 1.54) is 4.90 Å². The fourth-order valence-corrected chi connectivity index (χ4v) is 5.09. The number of anilines is 1. The summed E-state index contributed by atoms with van der Waals surface area (Å²) in [6, 6.07) is 7.26. The van der Waals surface area contributed by atoms with E-state index in [9.17, 15) is 14.4 Å². The Bertz CT molecular complexity index is 709. The topological polar surface area (TPSA) is 92.5 Å². The van der Waals surface area contributed by atoms with E-state index in [0.29, 0.717) is 11.8 Å². The molecule has 3 N–H and O–H groups in total. The second kappa shape index (κ2) is 7.58. The lowest BCUT2D eigenvalue weighted by atomic mass is 9.84. The van der Waals surface area contributed by atoms with Crippen molar-refractivity contribution in [3.8, 4) is 0 Å². The Morgan fingerprint density at radius 1 is 1.19 bits per heavy atom. The highest BCUT2D eigenvalue weighted by Crippen LogP contribution is 2.47. The summed E-state index contributed by atoms with van der Waals surface area (Å²) in [5.74, 6) is 0.902. The van der Waals surface area contributed by atoms with Crippen molar-refractivity contribution >= 4 is 46.9 Å². The number of nitrogens with zero attached hydrogens (tertiary/aromatic N) is 1. The fraction of sp³-hybridized carbons (Fsp3) is 0.500. The van der Waals surface area contributed by atoms with Crippen LogP contribution in [0.15, 0.2) is 24.3 Å². The molecule has 1 aromatic carbocycles. The van der Waals surface area contributed by atoms with Crippen molar-refractivity contribution < 1.29 is 14.4 Å². The Labute approximate surface area is 162 Å². The lowest BCUT2D eigenvalue weighted by molar-refractivity contribution is -0.125. The van der Waals surface area contributed by atoms with E-state index in [2.05, 4.69) is 5.32 Å². The number of halogens is 1. The predicted octanol–water partition coefficient (Wildman–Crippen LogP) is 2.62. The normalized spacial score (nSPS) is 29.8. The maximum atomic E-state index is 12.6. The van der Waals surface area contributed by atoms with E-state index >= 15 is 0 Å². The number of benzene rings is 1. The summed E-state index contributed by atoms with van der Waals surface area (Å²) >= 11 is 1.03. The van der Waals surface area contributed by atoms with Crippen molar-refractivity contribution in [2.75, 3.05) is 11.1 Å². The molecule has 1 aromatic rings. The molecule has 0 aromatic heterocycles. The van der Waals surface area contributed by atoms with E-state index in [-0.39, 0.29) is 53.7 Å². The molecule has 3 aliphatic rings. The lowest BCUT2D eigenvalue weighted by Crippen LogP contribution is -2.42. The Kier molecular flexibility index (Phi) is 5.60. The molecule has 2 aliphatic carbocycles. The molecule has 1 aliphatic heterocycles. The summed E-state index contributed by atoms with van der Waals surface area (Å²) in [6.07, 6.45) is 3.33. The van der Waals surface area contributed by atoms with Crippen LogP contribution < -0.4 is 11.1 Å². The molecule has 4 rings (SSSR count). The van der Waals surface area contributed by atoms with E-state index < -0.39 is 0 Å². The SMILES string of the molecule is Cl.NC1C2CCC(C2)C1C(=O)Nc1ccc(CN2C(=O)CSC2=O)cc1. The van der Waals surface area contributed by atoms with Gasteiger partial charge in [-0.25, -0.2) is 0 Å². The average molecular weight is 396 g/mol. The first-order valence-corrected chi connectivity index (χ1v) is 9.64. The van der Waals surface area contributed by atoms with Gasteiger partial charge in [0, 0.05) is 11.7 Å². The summed E-state index contributed by atoms with van der Waals surface area (Å²) in [6.45, 7) is 0.274. The van der Waals surface area contributed by atoms with Crippen molar-refractivity contribution in [1.29, 1.82) is 0 Å². The van der Waals surface area contributed by atoms with Gasteiger partial charge in [-0.2, -0.15) is 0 Å². The third kappa shape index (κ3) is 3.48. The molecule has 26 heavy (non-hydrogen) atoms. The van der Waals surface area contributed by atoms with Crippen molar-refractivity contribution in [1.82, 2.24) is 4.90 Å². The molecule has 3 fully saturated rings. The highest BCUT2D eigenvalue weighted by atomic mass is 35.5. The number of carbonyl (C=O) groups is 3. The van der Waals surface area contributed by atoms with Crippen LogP contribution in [0.4, 0.5) is 10.5 Å². The van der Waals surface area contributed by atoms with Crippen molar-refractivity contribution in [3.05, 3.63) is 29.8 Å². The third-order valence-electron chi connectivity index (χ3n) is 5.69. The number of hydrogen-bond donors (Lipinski definition) is 2. The molecule has 4 atom stereocenters. The van der Waals surface area contributed by atoms with Gasteiger partial charge >= 0.3 is 0 Å². The number of amides is 3. The van der Waals surface area contributed by atoms with Crippen LogP contribution in [-0.2, 0) is 16.1 Å². The fourth-order valence-electron chi connectivity index (χ4n) is 4.36. The molecular weight excluding hydrogens is 374 g/mol. The molecule has 140 valence electrons. The minimum Gasteiger partial charge on any atom is -0.327 e. The molecule has 0 radical (unpaired) electrons. The van der Waals surface area contributed by atoms with Crippen molar-refractivity contribution in [2.24, 2.45) is 23.5 Å². The van der Waals surface area contributed by atoms with Gasteiger partial charge < -0.3 is 11.1 Å². The van der Waals surface area contributed by atoms with E-state index in [4.69, 9.17) is 5.73 Å². The number of imide groups is 1. The van der Waals surface area contributed by atoms with Gasteiger partial charge in [-0.3, -0.25) is 19.3 Å². The first kappa shape index (κ1) is 19.2. The van der Waals surface area contributed by atoms with Crippen molar-refractivity contribution in [2.45, 2.75) is 31.8 Å². The van der Waals surface area contributed by atoms with Crippen LogP contribution in [0.2, 0.25) is 0 Å². The monoisotopic (exact) mass is 395 g/mol. The molecule has 1 saturated heterocycles. The summed E-state index contributed by atoms with van der Waals surface area (Å²) < 4.78 is 0. The quantitative estimate of drug-likeness (QED) is 0.817. The van der Waals surface area contributed by atoms with Gasteiger partial charge in [-0.1, -0.05) is 23.9 Å². The molecular formula is C18H22ClN3O3S. The number of nitrogens with one attached hydrogen (secondary N) is 1.